The van der Waals surface area contributed by atoms with Crippen molar-refractivity contribution < 1.29 is 0 Å². The fourth-order valence-electron chi connectivity index (χ4n) is 2.27. The van der Waals surface area contributed by atoms with Crippen molar-refractivity contribution >= 4 is 32.1 Å². The molecule has 84 valence electrons. The number of nitrogens with two attached hydrogens (primary N) is 1. The van der Waals surface area contributed by atoms with Crippen molar-refractivity contribution in [2.24, 2.45) is 5.73 Å². The van der Waals surface area contributed by atoms with Crippen LogP contribution >= 0.6 is 22.7 Å². The Morgan fingerprint density at radius 3 is 2.94 bits per heavy atom. The van der Waals surface area contributed by atoms with Crippen molar-refractivity contribution in [2.75, 3.05) is 0 Å². The molecular weight excluding hydrogens is 234 g/mol. The Labute approximate surface area is 104 Å². The van der Waals surface area contributed by atoms with Gasteiger partial charge in [-0.3, -0.25) is 0 Å². The highest BCUT2D eigenvalue weighted by atomic mass is 32.1. The zero-order valence-corrected chi connectivity index (χ0v) is 10.7. The van der Waals surface area contributed by atoms with Crippen LogP contribution in [-0.2, 0) is 0 Å². The summed E-state index contributed by atoms with van der Waals surface area (Å²) < 4.78 is 2.76. The van der Waals surface area contributed by atoms with Crippen LogP contribution in [0.1, 0.15) is 36.6 Å². The lowest BCUT2D eigenvalue weighted by atomic mass is 9.94. The number of thiophene rings is 2. The minimum Gasteiger partial charge on any atom is -0.320 e. The Bertz CT molecular complexity index is 492. The van der Waals surface area contributed by atoms with Crippen LogP contribution in [0, 0.1) is 0 Å². The molecular formula is C13H15NS2. The third-order valence-electron chi connectivity index (χ3n) is 3.19. The second-order valence-electron chi connectivity index (χ2n) is 4.30. The van der Waals surface area contributed by atoms with E-state index in [4.69, 9.17) is 5.73 Å². The first-order chi connectivity index (χ1) is 7.84. The van der Waals surface area contributed by atoms with Gasteiger partial charge in [0.25, 0.3) is 0 Å². The third-order valence-corrected chi connectivity index (χ3v) is 5.37. The van der Waals surface area contributed by atoms with E-state index in [-0.39, 0.29) is 6.04 Å². The van der Waals surface area contributed by atoms with E-state index < -0.39 is 0 Å². The van der Waals surface area contributed by atoms with E-state index in [2.05, 4.69) is 23.6 Å². The summed E-state index contributed by atoms with van der Waals surface area (Å²) in [5.74, 6) is 0. The molecule has 0 fully saturated rings. The molecule has 0 saturated heterocycles. The van der Waals surface area contributed by atoms with Gasteiger partial charge < -0.3 is 5.73 Å². The number of allylic oxidation sites excluding steroid dienone is 1. The predicted molar refractivity (Wildman–Crippen MR) is 73.2 cm³/mol. The van der Waals surface area contributed by atoms with E-state index in [0.29, 0.717) is 0 Å². The summed E-state index contributed by atoms with van der Waals surface area (Å²) >= 11 is 3.66. The maximum absolute atomic E-state index is 6.34. The van der Waals surface area contributed by atoms with Gasteiger partial charge in [-0.25, -0.2) is 0 Å². The van der Waals surface area contributed by atoms with Crippen molar-refractivity contribution in [2.45, 2.75) is 31.7 Å². The van der Waals surface area contributed by atoms with Gasteiger partial charge in [-0.1, -0.05) is 11.6 Å². The fraction of sp³-hybridized carbons (Fsp3) is 0.385. The summed E-state index contributed by atoms with van der Waals surface area (Å²) in [6.07, 6.45) is 7.38. The molecule has 16 heavy (non-hydrogen) atoms. The first-order valence-electron chi connectivity index (χ1n) is 5.76. The first-order valence-corrected chi connectivity index (χ1v) is 7.45. The highest BCUT2D eigenvalue weighted by Crippen LogP contribution is 2.36. The van der Waals surface area contributed by atoms with Gasteiger partial charge in [0.2, 0.25) is 0 Å². The summed E-state index contributed by atoms with van der Waals surface area (Å²) in [6.45, 7) is 0. The van der Waals surface area contributed by atoms with Gasteiger partial charge in [-0.2, -0.15) is 0 Å². The van der Waals surface area contributed by atoms with Gasteiger partial charge in [0, 0.05) is 14.3 Å². The minimum atomic E-state index is 0.143. The number of hydrogen-bond donors (Lipinski definition) is 1. The summed E-state index contributed by atoms with van der Waals surface area (Å²) in [5.41, 5.74) is 7.78. The normalized spacial score (nSPS) is 18.7. The lowest BCUT2D eigenvalue weighted by molar-refractivity contribution is 0.652. The average Bonchev–Trinajstić information content (AvgIpc) is 2.89. The number of hydrogen-bond acceptors (Lipinski definition) is 3. The Hall–Kier alpha value is -0.640. The van der Waals surface area contributed by atoms with E-state index in [1.807, 2.05) is 22.7 Å². The maximum atomic E-state index is 6.34. The molecule has 2 heterocycles. The van der Waals surface area contributed by atoms with Crippen LogP contribution in [0.4, 0.5) is 0 Å². The molecule has 1 atom stereocenters. The molecule has 0 aromatic carbocycles. The lowest BCUT2D eigenvalue weighted by Gasteiger charge is -2.18. The van der Waals surface area contributed by atoms with Crippen LogP contribution in [0.5, 0.6) is 0 Å². The highest BCUT2D eigenvalue weighted by Gasteiger charge is 2.16. The fourth-order valence-corrected chi connectivity index (χ4v) is 4.43. The molecule has 1 unspecified atom stereocenters. The minimum absolute atomic E-state index is 0.143. The summed E-state index contributed by atoms with van der Waals surface area (Å²) in [5, 5.41) is 2.15. The largest absolute Gasteiger partial charge is 0.320 e. The molecule has 2 aromatic rings. The molecule has 2 N–H and O–H groups in total. The zero-order chi connectivity index (χ0) is 11.0. The molecule has 1 nitrogen and oxygen atoms in total. The van der Waals surface area contributed by atoms with Gasteiger partial charge in [0.1, 0.15) is 0 Å². The molecule has 0 aliphatic heterocycles. The topological polar surface area (TPSA) is 26.0 Å². The van der Waals surface area contributed by atoms with Gasteiger partial charge in [0.15, 0.2) is 0 Å². The second kappa shape index (κ2) is 4.32. The van der Waals surface area contributed by atoms with E-state index in [9.17, 15) is 0 Å². The molecule has 0 spiro atoms. The molecule has 1 aliphatic rings. The smallest absolute Gasteiger partial charge is 0.0606 e. The summed E-state index contributed by atoms with van der Waals surface area (Å²) in [7, 11) is 0. The highest BCUT2D eigenvalue weighted by molar-refractivity contribution is 7.26. The first kappa shape index (κ1) is 10.5. The van der Waals surface area contributed by atoms with E-state index in [0.717, 1.165) is 0 Å². The van der Waals surface area contributed by atoms with E-state index >= 15 is 0 Å². The molecule has 0 amide bonds. The third kappa shape index (κ3) is 1.83. The zero-order valence-electron chi connectivity index (χ0n) is 9.11. The SMILES string of the molecule is NC(C1=CCCCC1)c1cc2sccc2s1. The van der Waals surface area contributed by atoms with Crippen molar-refractivity contribution in [3.8, 4) is 0 Å². The van der Waals surface area contributed by atoms with Gasteiger partial charge in [0.05, 0.1) is 6.04 Å². The molecule has 2 aromatic heterocycles. The second-order valence-corrected chi connectivity index (χ2v) is 6.36. The summed E-state index contributed by atoms with van der Waals surface area (Å²) in [4.78, 5) is 1.33. The van der Waals surface area contributed by atoms with Crippen LogP contribution in [0.2, 0.25) is 0 Å². The molecule has 0 saturated carbocycles. The molecule has 1 aliphatic carbocycles. The molecule has 3 rings (SSSR count). The summed E-state index contributed by atoms with van der Waals surface area (Å²) in [6, 6.07) is 4.60. The monoisotopic (exact) mass is 249 g/mol. The van der Waals surface area contributed by atoms with Crippen molar-refractivity contribution in [3.05, 3.63) is 34.0 Å². The average molecular weight is 249 g/mol. The Morgan fingerprint density at radius 2 is 2.19 bits per heavy atom. The van der Waals surface area contributed by atoms with Gasteiger partial charge in [-0.15, -0.1) is 22.7 Å². The van der Waals surface area contributed by atoms with Crippen LogP contribution in [0.15, 0.2) is 29.2 Å². The van der Waals surface area contributed by atoms with Crippen LogP contribution in [-0.4, -0.2) is 0 Å². The quantitative estimate of drug-likeness (QED) is 0.781. The predicted octanol–water partition coefficient (Wildman–Crippen LogP) is 4.46. The maximum Gasteiger partial charge on any atom is 0.0606 e. The van der Waals surface area contributed by atoms with Gasteiger partial charge in [-0.05, 0) is 43.2 Å². The Kier molecular flexibility index (Phi) is 2.84. The van der Waals surface area contributed by atoms with Crippen LogP contribution in [0.25, 0.3) is 9.40 Å². The molecule has 0 bridgehead atoms. The molecule has 3 heteroatoms. The molecule has 0 radical (unpaired) electrons. The number of fused-ring (bicyclic) bond motifs is 1. The Balaban J connectivity index is 1.91. The van der Waals surface area contributed by atoms with Crippen molar-refractivity contribution in [1.82, 2.24) is 0 Å². The van der Waals surface area contributed by atoms with E-state index in [1.54, 1.807) is 0 Å². The standard InChI is InChI=1S/C13H15NS2/c14-13(9-4-2-1-3-5-9)12-8-11-10(16-12)6-7-15-11/h4,6-8,13H,1-3,5,14H2. The van der Waals surface area contributed by atoms with Crippen molar-refractivity contribution in [1.29, 1.82) is 0 Å². The van der Waals surface area contributed by atoms with Crippen LogP contribution < -0.4 is 5.73 Å². The Morgan fingerprint density at radius 1 is 1.25 bits per heavy atom. The lowest BCUT2D eigenvalue weighted by Crippen LogP contribution is -2.13. The number of rotatable bonds is 2. The van der Waals surface area contributed by atoms with E-state index in [1.165, 1.54) is 45.5 Å². The van der Waals surface area contributed by atoms with Crippen LogP contribution in [0.3, 0.4) is 0 Å². The van der Waals surface area contributed by atoms with Gasteiger partial charge >= 0.3 is 0 Å². The van der Waals surface area contributed by atoms with Crippen molar-refractivity contribution in [3.63, 3.8) is 0 Å².